The van der Waals surface area contributed by atoms with Gasteiger partial charge in [-0.05, 0) is 122 Å². The summed E-state index contributed by atoms with van der Waals surface area (Å²) in [5, 5.41) is 21.5. The molecule has 2 aliphatic rings. The fourth-order valence-corrected chi connectivity index (χ4v) is 7.80. The van der Waals surface area contributed by atoms with Crippen molar-refractivity contribution in [1.29, 1.82) is 0 Å². The zero-order chi connectivity index (χ0) is 46.1. The van der Waals surface area contributed by atoms with E-state index >= 15 is 26.3 Å². The Kier molecular flexibility index (Phi) is 10.0. The molecule has 4 amide bonds. The third-order valence-electron chi connectivity index (χ3n) is 11.3. The van der Waals surface area contributed by atoms with Crippen molar-refractivity contribution in [2.24, 2.45) is 0 Å². The molecular weight excluding hydrogens is 844 g/mol. The van der Waals surface area contributed by atoms with Crippen LogP contribution in [0.2, 0.25) is 0 Å². The molecule has 2 aliphatic heterocycles. The Balaban J connectivity index is 1.57. The number of carbonyl (C=O) groups excluding carboxylic acids is 4. The summed E-state index contributed by atoms with van der Waals surface area (Å²) in [6, 6.07) is 5.27. The van der Waals surface area contributed by atoms with Gasteiger partial charge in [-0.15, -0.1) is 0 Å². The largest absolute Gasteiger partial charge is 0.421 e. The summed E-state index contributed by atoms with van der Waals surface area (Å²) in [6.07, 6.45) is -23.5. The van der Waals surface area contributed by atoms with Gasteiger partial charge >= 0.3 is 24.7 Å². The minimum absolute atomic E-state index is 0.001000. The average molecular weight is 875 g/mol. The van der Waals surface area contributed by atoms with Gasteiger partial charge in [0.2, 0.25) is 5.41 Å². The van der Waals surface area contributed by atoms with Crippen LogP contribution >= 0.6 is 0 Å². The number of amides is 4. The van der Waals surface area contributed by atoms with Gasteiger partial charge in [0.1, 0.15) is 0 Å². The number of aliphatic hydroxyl groups is 2. The maximum Gasteiger partial charge on any atom is 0.421 e. The predicted octanol–water partition coefficient (Wildman–Crippen LogP) is 9.26. The molecule has 4 aromatic rings. The Morgan fingerprint density at radius 1 is 0.443 bits per heavy atom. The van der Waals surface area contributed by atoms with Gasteiger partial charge in [0.25, 0.3) is 23.6 Å². The number of carbonyl (C=O) groups is 4. The molecule has 0 saturated heterocycles. The van der Waals surface area contributed by atoms with Crippen LogP contribution in [-0.2, 0) is 16.6 Å². The molecule has 6 rings (SSSR count). The number of rotatable bonds is 6. The van der Waals surface area contributed by atoms with Crippen molar-refractivity contribution in [2.45, 2.75) is 75.9 Å². The van der Waals surface area contributed by atoms with E-state index in [-0.39, 0.29) is 57.8 Å². The fourth-order valence-electron chi connectivity index (χ4n) is 7.80. The van der Waals surface area contributed by atoms with Crippen LogP contribution in [0, 0.1) is 20.8 Å². The minimum atomic E-state index is -6.32. The van der Waals surface area contributed by atoms with Gasteiger partial charge in [-0.1, -0.05) is 18.2 Å². The average Bonchev–Trinajstić information content (AvgIpc) is 3.48. The zero-order valence-corrected chi connectivity index (χ0v) is 32.2. The summed E-state index contributed by atoms with van der Waals surface area (Å²) in [7, 11) is 0.942. The van der Waals surface area contributed by atoms with Crippen molar-refractivity contribution in [2.75, 3.05) is 11.9 Å². The maximum absolute atomic E-state index is 15.2. The number of imide groups is 2. The van der Waals surface area contributed by atoms with Gasteiger partial charge in [0, 0.05) is 12.6 Å². The number of fused-ring (bicyclic) bond motifs is 2. The molecule has 61 heavy (non-hydrogen) atoms. The number of nitrogens with zero attached hydrogens (tertiary/aromatic N) is 2. The second-order valence-electron chi connectivity index (χ2n) is 15.2. The van der Waals surface area contributed by atoms with Crippen molar-refractivity contribution in [3.63, 3.8) is 0 Å². The van der Waals surface area contributed by atoms with Crippen LogP contribution < -0.4 is 4.90 Å². The molecule has 0 aromatic heterocycles. The van der Waals surface area contributed by atoms with E-state index in [0.717, 1.165) is 19.2 Å². The highest BCUT2D eigenvalue weighted by atomic mass is 19.4. The lowest BCUT2D eigenvalue weighted by Crippen LogP contribution is -2.55. The van der Waals surface area contributed by atoms with Gasteiger partial charge in [0.05, 0.1) is 27.9 Å². The fraction of sp³-hybridized carbons (Fsp3) is 0.317. The number of hydrogen-bond donors (Lipinski definition) is 2. The third-order valence-corrected chi connectivity index (χ3v) is 11.3. The van der Waals surface area contributed by atoms with Crippen LogP contribution in [0.25, 0.3) is 11.1 Å². The highest BCUT2D eigenvalue weighted by Crippen LogP contribution is 2.57. The molecule has 2 heterocycles. The topological polar surface area (TPSA) is 115 Å². The van der Waals surface area contributed by atoms with Gasteiger partial charge < -0.3 is 10.2 Å². The smallest absolute Gasteiger partial charge is 0.376 e. The molecule has 0 bridgehead atoms. The van der Waals surface area contributed by atoms with Crippen LogP contribution in [0.3, 0.4) is 0 Å². The van der Waals surface area contributed by atoms with E-state index in [1.165, 1.54) is 26.8 Å². The molecule has 2 unspecified atom stereocenters. The van der Waals surface area contributed by atoms with Crippen LogP contribution in [0.4, 0.5) is 58.4 Å². The number of anilines is 1. The van der Waals surface area contributed by atoms with Crippen LogP contribution in [-0.4, -0.2) is 70.5 Å². The molecule has 0 saturated carbocycles. The predicted molar refractivity (Wildman–Crippen MR) is 191 cm³/mol. The molecule has 0 spiro atoms. The first-order valence-corrected chi connectivity index (χ1v) is 17.6. The van der Waals surface area contributed by atoms with Crippen molar-refractivity contribution < 1.29 is 82.1 Å². The SMILES string of the molecule is Cc1cc(C)c(C(C)(O)C(F)(F)F)cc1-c1cc(C(C)(O)C(F)(F)F)c(N2C(=O)c3ccc(C(c4ccc5c(c4)C(=O)N(C)C5=O)(C(F)(F)F)C(F)(F)F)cc3C2=O)cc1C. The minimum Gasteiger partial charge on any atom is -0.376 e. The molecule has 324 valence electrons. The number of hydrogen-bond acceptors (Lipinski definition) is 6. The van der Waals surface area contributed by atoms with Crippen LogP contribution in [0.1, 0.15) is 94.2 Å². The van der Waals surface area contributed by atoms with E-state index in [4.69, 9.17) is 0 Å². The molecule has 0 radical (unpaired) electrons. The summed E-state index contributed by atoms with van der Waals surface area (Å²) in [4.78, 5) is 53.5. The first kappa shape index (κ1) is 44.8. The zero-order valence-electron chi connectivity index (χ0n) is 32.2. The first-order valence-electron chi connectivity index (χ1n) is 17.6. The molecule has 2 atom stereocenters. The lowest BCUT2D eigenvalue weighted by atomic mass is 9.71. The molecule has 4 aromatic carbocycles. The quantitative estimate of drug-likeness (QED) is 0.148. The van der Waals surface area contributed by atoms with E-state index < -0.39 is 115 Å². The lowest BCUT2D eigenvalue weighted by Gasteiger charge is -2.38. The molecule has 20 heteroatoms. The van der Waals surface area contributed by atoms with E-state index in [2.05, 4.69) is 0 Å². The monoisotopic (exact) mass is 874 g/mol. The number of benzene rings is 4. The van der Waals surface area contributed by atoms with Crippen molar-refractivity contribution in [1.82, 2.24) is 4.90 Å². The van der Waals surface area contributed by atoms with E-state index in [0.29, 0.717) is 36.1 Å². The molecule has 0 aliphatic carbocycles. The highest BCUT2D eigenvalue weighted by Gasteiger charge is 2.73. The van der Waals surface area contributed by atoms with Crippen LogP contribution in [0.15, 0.2) is 60.7 Å². The summed E-state index contributed by atoms with van der Waals surface area (Å²) in [6.45, 7) is 4.44. The highest BCUT2D eigenvalue weighted by molar-refractivity contribution is 6.35. The van der Waals surface area contributed by atoms with E-state index in [9.17, 15) is 55.7 Å². The Morgan fingerprint density at radius 3 is 1.28 bits per heavy atom. The van der Waals surface area contributed by atoms with Gasteiger partial charge in [-0.2, -0.15) is 52.7 Å². The maximum atomic E-state index is 15.2. The molecule has 2 N–H and O–H groups in total. The Labute approximate surface area is 337 Å². The number of alkyl halides is 12. The Bertz CT molecular complexity index is 2570. The summed E-state index contributed by atoms with van der Waals surface area (Å²) in [5.41, 5.74) is -22.7. The summed E-state index contributed by atoms with van der Waals surface area (Å²) >= 11 is 0. The number of aryl methyl sites for hydroxylation is 3. The second-order valence-corrected chi connectivity index (χ2v) is 15.2. The number of halogens is 12. The van der Waals surface area contributed by atoms with E-state index in [1.54, 1.807) is 0 Å². The second kappa shape index (κ2) is 13.6. The summed E-state index contributed by atoms with van der Waals surface area (Å²) in [5.74, 6) is -5.50. The normalized spacial score (nSPS) is 17.2. The van der Waals surface area contributed by atoms with Crippen molar-refractivity contribution in [3.8, 4) is 11.1 Å². The van der Waals surface area contributed by atoms with Crippen molar-refractivity contribution >= 4 is 29.3 Å². The van der Waals surface area contributed by atoms with Crippen molar-refractivity contribution in [3.05, 3.63) is 122 Å². The first-order chi connectivity index (χ1) is 27.6. The Hall–Kier alpha value is -5.76. The lowest BCUT2D eigenvalue weighted by molar-refractivity contribution is -0.288. The van der Waals surface area contributed by atoms with Gasteiger partial charge in [-0.3, -0.25) is 24.1 Å². The summed E-state index contributed by atoms with van der Waals surface area (Å²) < 4.78 is 177. The molecule has 8 nitrogen and oxygen atoms in total. The standard InChI is InChI=1S/C41H30F12N2O6/c1-17-11-19(3)28(35(4,60)38(42,43)44)15-24(17)25-16-29(36(5,61)39(45,46)47)30(12-18(25)2)55-33(58)23-10-8-21(14-27(23)34(55)59)37(40(48,49)50,41(51,52)53)20-7-9-22-26(13-20)32(57)54(6)31(22)56/h7-16,60-61H,1-6H3. The van der Waals surface area contributed by atoms with Gasteiger partial charge in [-0.25, -0.2) is 4.90 Å². The molecule has 0 fully saturated rings. The Morgan fingerprint density at radius 2 is 0.820 bits per heavy atom. The van der Waals surface area contributed by atoms with Crippen LogP contribution in [0.5, 0.6) is 0 Å². The molecular formula is C41H30F12N2O6. The van der Waals surface area contributed by atoms with Gasteiger partial charge in [0.15, 0.2) is 11.2 Å². The van der Waals surface area contributed by atoms with E-state index in [1.807, 2.05) is 0 Å². The third kappa shape index (κ3) is 6.39.